The van der Waals surface area contributed by atoms with Crippen molar-refractivity contribution in [1.29, 1.82) is 0 Å². The fourth-order valence-corrected chi connectivity index (χ4v) is 3.23. The SMILES string of the molecule is CN=C(NCC(=O)N1CCCCC1)N(C)CCc1ccc(OC)c(OC)c1.I. The minimum Gasteiger partial charge on any atom is -0.493 e. The number of amides is 1. The summed E-state index contributed by atoms with van der Waals surface area (Å²) in [5, 5.41) is 3.18. The molecule has 0 aliphatic carbocycles. The molecule has 0 spiro atoms. The average molecular weight is 504 g/mol. The highest BCUT2D eigenvalue weighted by atomic mass is 127. The van der Waals surface area contributed by atoms with Gasteiger partial charge in [-0.15, -0.1) is 24.0 Å². The summed E-state index contributed by atoms with van der Waals surface area (Å²) >= 11 is 0. The summed E-state index contributed by atoms with van der Waals surface area (Å²) in [6.07, 6.45) is 4.26. The first kappa shape index (κ1) is 24.3. The number of carbonyl (C=O) groups is 1. The lowest BCUT2D eigenvalue weighted by Gasteiger charge is -2.28. The lowest BCUT2D eigenvalue weighted by Crippen LogP contribution is -2.46. The molecule has 1 fully saturated rings. The highest BCUT2D eigenvalue weighted by Gasteiger charge is 2.17. The Hall–Kier alpha value is -1.71. The van der Waals surface area contributed by atoms with Crippen LogP contribution >= 0.6 is 24.0 Å². The molecule has 1 saturated heterocycles. The highest BCUT2D eigenvalue weighted by Crippen LogP contribution is 2.27. The van der Waals surface area contributed by atoms with Gasteiger partial charge in [0.2, 0.25) is 5.91 Å². The van der Waals surface area contributed by atoms with Crippen LogP contribution in [0.5, 0.6) is 11.5 Å². The maximum atomic E-state index is 12.3. The van der Waals surface area contributed by atoms with E-state index in [1.807, 2.05) is 35.0 Å². The van der Waals surface area contributed by atoms with Crippen LogP contribution in [0.3, 0.4) is 0 Å². The van der Waals surface area contributed by atoms with Crippen LogP contribution in [0, 0.1) is 0 Å². The normalized spacial score (nSPS) is 14.1. The molecule has 0 radical (unpaired) electrons. The van der Waals surface area contributed by atoms with Gasteiger partial charge in [0, 0.05) is 33.7 Å². The maximum Gasteiger partial charge on any atom is 0.241 e. The number of likely N-dealkylation sites (N-methyl/N-ethyl adjacent to an activating group) is 1. The molecule has 1 N–H and O–H groups in total. The Labute approximate surface area is 185 Å². The van der Waals surface area contributed by atoms with Gasteiger partial charge in [-0.1, -0.05) is 6.07 Å². The van der Waals surface area contributed by atoms with Crippen LogP contribution in [-0.4, -0.2) is 76.2 Å². The molecule has 8 heteroatoms. The molecule has 7 nitrogen and oxygen atoms in total. The molecule has 0 bridgehead atoms. The van der Waals surface area contributed by atoms with Crippen molar-refractivity contribution in [3.8, 4) is 11.5 Å². The minimum atomic E-state index is 0. The van der Waals surface area contributed by atoms with E-state index in [-0.39, 0.29) is 36.4 Å². The monoisotopic (exact) mass is 504 g/mol. The van der Waals surface area contributed by atoms with Gasteiger partial charge in [-0.05, 0) is 43.4 Å². The molecule has 1 amide bonds. The number of benzene rings is 1. The van der Waals surface area contributed by atoms with E-state index in [2.05, 4.69) is 10.3 Å². The number of halogens is 1. The number of likely N-dealkylation sites (tertiary alicyclic amines) is 1. The number of hydrogen-bond acceptors (Lipinski definition) is 4. The molecule has 0 aromatic heterocycles. The summed E-state index contributed by atoms with van der Waals surface area (Å²) < 4.78 is 10.6. The van der Waals surface area contributed by atoms with Crippen LogP contribution in [0.2, 0.25) is 0 Å². The molecule has 1 aromatic carbocycles. The maximum absolute atomic E-state index is 12.3. The number of aliphatic imine (C=N–C) groups is 1. The zero-order valence-corrected chi connectivity index (χ0v) is 19.7. The Kier molecular flexibility index (Phi) is 11.0. The molecule has 1 aliphatic heterocycles. The second-order valence-electron chi connectivity index (χ2n) is 6.70. The lowest BCUT2D eigenvalue weighted by molar-refractivity contribution is -0.130. The standard InChI is InChI=1S/C20H32N4O3.HI/c1-21-20(22-15-19(25)24-11-6-5-7-12-24)23(2)13-10-16-8-9-17(26-3)18(14-16)27-4;/h8-9,14H,5-7,10-13,15H2,1-4H3,(H,21,22);1H. The van der Waals surface area contributed by atoms with Crippen molar-refractivity contribution in [2.24, 2.45) is 4.99 Å². The second-order valence-corrected chi connectivity index (χ2v) is 6.70. The molecule has 0 unspecified atom stereocenters. The van der Waals surface area contributed by atoms with Crippen molar-refractivity contribution in [3.63, 3.8) is 0 Å². The molecule has 158 valence electrons. The van der Waals surface area contributed by atoms with Gasteiger partial charge in [-0.25, -0.2) is 0 Å². The summed E-state index contributed by atoms with van der Waals surface area (Å²) in [6, 6.07) is 5.94. The third kappa shape index (κ3) is 7.03. The summed E-state index contributed by atoms with van der Waals surface area (Å²) in [5.41, 5.74) is 1.15. The van der Waals surface area contributed by atoms with Crippen LogP contribution in [0.25, 0.3) is 0 Å². The molecule has 1 aliphatic rings. The van der Waals surface area contributed by atoms with Crippen molar-refractivity contribution in [2.45, 2.75) is 25.7 Å². The van der Waals surface area contributed by atoms with E-state index in [0.29, 0.717) is 0 Å². The Balaban J connectivity index is 0.00000392. The highest BCUT2D eigenvalue weighted by molar-refractivity contribution is 14.0. The van der Waals surface area contributed by atoms with Gasteiger partial charge in [0.25, 0.3) is 0 Å². The lowest BCUT2D eigenvalue weighted by atomic mass is 10.1. The number of nitrogens with one attached hydrogen (secondary N) is 1. The topological polar surface area (TPSA) is 66.4 Å². The smallest absolute Gasteiger partial charge is 0.241 e. The number of hydrogen-bond donors (Lipinski definition) is 1. The van der Waals surface area contributed by atoms with E-state index in [1.54, 1.807) is 21.3 Å². The van der Waals surface area contributed by atoms with Crippen LogP contribution in [-0.2, 0) is 11.2 Å². The summed E-state index contributed by atoms with van der Waals surface area (Å²) in [6.45, 7) is 2.79. The van der Waals surface area contributed by atoms with E-state index < -0.39 is 0 Å². The second kappa shape index (κ2) is 12.7. The van der Waals surface area contributed by atoms with Gasteiger partial charge in [-0.2, -0.15) is 0 Å². The number of ether oxygens (including phenoxy) is 2. The first-order chi connectivity index (χ1) is 13.1. The fraction of sp³-hybridized carbons (Fsp3) is 0.600. The zero-order chi connectivity index (χ0) is 19.6. The van der Waals surface area contributed by atoms with Crippen LogP contribution in [0.15, 0.2) is 23.2 Å². The van der Waals surface area contributed by atoms with E-state index >= 15 is 0 Å². The molecule has 2 rings (SSSR count). The number of piperidine rings is 1. The Morgan fingerprint density at radius 3 is 2.46 bits per heavy atom. The van der Waals surface area contributed by atoms with Crippen LogP contribution < -0.4 is 14.8 Å². The van der Waals surface area contributed by atoms with Crippen molar-refractivity contribution in [3.05, 3.63) is 23.8 Å². The predicted octanol–water partition coefficient (Wildman–Crippen LogP) is 2.38. The number of carbonyl (C=O) groups excluding carboxylic acids is 1. The molecular formula is C20H33IN4O3. The molecule has 0 saturated carbocycles. The number of guanidine groups is 1. The number of methoxy groups -OCH3 is 2. The summed E-state index contributed by atoms with van der Waals surface area (Å²) in [4.78, 5) is 20.6. The van der Waals surface area contributed by atoms with Crippen molar-refractivity contribution < 1.29 is 14.3 Å². The van der Waals surface area contributed by atoms with E-state index in [9.17, 15) is 4.79 Å². The average Bonchev–Trinajstić information content (AvgIpc) is 2.72. The van der Waals surface area contributed by atoms with Gasteiger partial charge in [-0.3, -0.25) is 9.79 Å². The summed E-state index contributed by atoms with van der Waals surface area (Å²) in [7, 11) is 6.98. The largest absolute Gasteiger partial charge is 0.493 e. The Morgan fingerprint density at radius 2 is 1.86 bits per heavy atom. The predicted molar refractivity (Wildman–Crippen MR) is 123 cm³/mol. The van der Waals surface area contributed by atoms with E-state index in [0.717, 1.165) is 61.9 Å². The van der Waals surface area contributed by atoms with Gasteiger partial charge < -0.3 is 24.6 Å². The van der Waals surface area contributed by atoms with Crippen LogP contribution in [0.1, 0.15) is 24.8 Å². The number of rotatable bonds is 7. The first-order valence-electron chi connectivity index (χ1n) is 9.49. The van der Waals surface area contributed by atoms with E-state index in [4.69, 9.17) is 9.47 Å². The molecule has 1 heterocycles. The molecule has 0 atom stereocenters. The van der Waals surface area contributed by atoms with Crippen molar-refractivity contribution in [2.75, 3.05) is 54.5 Å². The van der Waals surface area contributed by atoms with Gasteiger partial charge in [0.05, 0.1) is 20.8 Å². The van der Waals surface area contributed by atoms with Crippen LogP contribution in [0.4, 0.5) is 0 Å². The molecule has 28 heavy (non-hydrogen) atoms. The van der Waals surface area contributed by atoms with E-state index in [1.165, 1.54) is 6.42 Å². The van der Waals surface area contributed by atoms with Crippen molar-refractivity contribution in [1.82, 2.24) is 15.1 Å². The Bertz CT molecular complexity index is 648. The quantitative estimate of drug-likeness (QED) is 0.351. The first-order valence-corrected chi connectivity index (χ1v) is 9.49. The molecule has 1 aromatic rings. The molecular weight excluding hydrogens is 471 g/mol. The van der Waals surface area contributed by atoms with Crippen molar-refractivity contribution >= 4 is 35.8 Å². The zero-order valence-electron chi connectivity index (χ0n) is 17.4. The van der Waals surface area contributed by atoms with Gasteiger partial charge in [0.15, 0.2) is 17.5 Å². The third-order valence-electron chi connectivity index (χ3n) is 4.86. The third-order valence-corrected chi connectivity index (χ3v) is 4.86. The van der Waals surface area contributed by atoms with Gasteiger partial charge in [0.1, 0.15) is 0 Å². The fourth-order valence-electron chi connectivity index (χ4n) is 3.23. The minimum absolute atomic E-state index is 0. The summed E-state index contributed by atoms with van der Waals surface area (Å²) in [5.74, 6) is 2.32. The number of nitrogens with zero attached hydrogens (tertiary/aromatic N) is 3. The van der Waals surface area contributed by atoms with Gasteiger partial charge >= 0.3 is 0 Å². The Morgan fingerprint density at radius 1 is 1.18 bits per heavy atom.